The highest BCUT2D eigenvalue weighted by molar-refractivity contribution is 5.79. The van der Waals surface area contributed by atoms with E-state index < -0.39 is 50.0 Å². The van der Waals surface area contributed by atoms with Gasteiger partial charge in [0.2, 0.25) is 0 Å². The van der Waals surface area contributed by atoms with Crippen molar-refractivity contribution in [2.24, 2.45) is 5.18 Å². The van der Waals surface area contributed by atoms with E-state index in [1.54, 1.807) is 0 Å². The van der Waals surface area contributed by atoms with Crippen molar-refractivity contribution in [3.8, 4) is 0 Å². The molecule has 0 unspecified atom stereocenters. The smallest absolute Gasteiger partial charge is 0.317 e. The highest BCUT2D eigenvalue weighted by atomic mass is 16.4. The first-order valence-electron chi connectivity index (χ1n) is 7.80. The van der Waals surface area contributed by atoms with E-state index in [-0.39, 0.29) is 32.7 Å². The zero-order valence-corrected chi connectivity index (χ0v) is 14.5. The molecule has 27 heavy (non-hydrogen) atoms. The summed E-state index contributed by atoms with van der Waals surface area (Å²) in [6.07, 6.45) is 0.525. The summed E-state index contributed by atoms with van der Waals surface area (Å²) in [4.78, 5) is 68.3. The number of aliphatic carboxylic acids is 3. The molecule has 13 nitrogen and oxygen atoms in total. The highest BCUT2D eigenvalue weighted by Crippen LogP contribution is 1.97. The molecular formula is C14H22N4O9. The Balaban J connectivity index is 4.84. The van der Waals surface area contributed by atoms with Crippen molar-refractivity contribution < 1.29 is 39.3 Å². The average molecular weight is 390 g/mol. The minimum atomic E-state index is -1.24. The molecule has 0 heterocycles. The topological polar surface area (TPSA) is 185 Å². The third-order valence-corrected chi connectivity index (χ3v) is 3.33. The number of carboxylic acid groups (broad SMARTS) is 3. The number of carboxylic acids is 3. The first-order valence-corrected chi connectivity index (χ1v) is 7.80. The zero-order valence-electron chi connectivity index (χ0n) is 14.5. The van der Waals surface area contributed by atoms with Crippen LogP contribution in [0.15, 0.2) is 5.18 Å². The second kappa shape index (κ2) is 13.4. The summed E-state index contributed by atoms with van der Waals surface area (Å²) < 4.78 is 0. The van der Waals surface area contributed by atoms with Gasteiger partial charge in [0.1, 0.15) is 6.29 Å². The van der Waals surface area contributed by atoms with Gasteiger partial charge < -0.3 is 20.1 Å². The first-order chi connectivity index (χ1) is 12.7. The SMILES string of the molecule is O=CCN(CCN(CCN(CC(=O)O)CC(=O)N=O)CC(=O)O)CC(=O)O. The van der Waals surface area contributed by atoms with Crippen LogP contribution in [0.5, 0.6) is 0 Å². The molecule has 0 saturated heterocycles. The van der Waals surface area contributed by atoms with Crippen LogP contribution in [0.4, 0.5) is 0 Å². The Morgan fingerprint density at radius 3 is 1.56 bits per heavy atom. The van der Waals surface area contributed by atoms with E-state index in [1.807, 2.05) is 0 Å². The van der Waals surface area contributed by atoms with Crippen LogP contribution in [0, 0.1) is 4.91 Å². The van der Waals surface area contributed by atoms with Crippen LogP contribution in [0.3, 0.4) is 0 Å². The second-order valence-corrected chi connectivity index (χ2v) is 5.55. The molecule has 0 aliphatic rings. The Labute approximate surface area is 154 Å². The molecule has 0 aromatic heterocycles. The largest absolute Gasteiger partial charge is 0.480 e. The van der Waals surface area contributed by atoms with Gasteiger partial charge in [-0.25, -0.2) is 0 Å². The third kappa shape index (κ3) is 13.1. The van der Waals surface area contributed by atoms with Gasteiger partial charge in [-0.2, -0.15) is 0 Å². The second-order valence-electron chi connectivity index (χ2n) is 5.55. The number of rotatable bonds is 16. The van der Waals surface area contributed by atoms with Crippen LogP contribution in [0.25, 0.3) is 0 Å². The van der Waals surface area contributed by atoms with E-state index in [2.05, 4.69) is 5.18 Å². The number of amides is 1. The lowest BCUT2D eigenvalue weighted by Gasteiger charge is -2.27. The van der Waals surface area contributed by atoms with Crippen LogP contribution in [-0.2, 0) is 24.0 Å². The molecule has 3 N–H and O–H groups in total. The van der Waals surface area contributed by atoms with Crippen molar-refractivity contribution in [2.45, 2.75) is 0 Å². The number of hydrogen-bond acceptors (Lipinski definition) is 9. The number of hydrogen-bond donors (Lipinski definition) is 3. The van der Waals surface area contributed by atoms with Crippen LogP contribution in [-0.4, -0.2) is 119 Å². The third-order valence-electron chi connectivity index (χ3n) is 3.33. The Bertz CT molecular complexity index is 555. The van der Waals surface area contributed by atoms with Gasteiger partial charge in [0, 0.05) is 31.4 Å². The molecule has 0 aliphatic heterocycles. The molecule has 0 radical (unpaired) electrons. The number of nitroso groups, excluding NO2 is 1. The molecule has 0 aliphatic carbocycles. The number of aldehydes is 1. The van der Waals surface area contributed by atoms with Crippen LogP contribution >= 0.6 is 0 Å². The molecule has 0 aromatic carbocycles. The first kappa shape index (κ1) is 24.2. The molecule has 152 valence electrons. The van der Waals surface area contributed by atoms with Crippen molar-refractivity contribution in [1.82, 2.24) is 14.7 Å². The Hall–Kier alpha value is -2.77. The lowest BCUT2D eigenvalue weighted by atomic mass is 10.3. The van der Waals surface area contributed by atoms with Crippen molar-refractivity contribution in [2.75, 3.05) is 58.9 Å². The minimum absolute atomic E-state index is 0.0343. The maximum absolute atomic E-state index is 11.1. The van der Waals surface area contributed by atoms with Gasteiger partial charge in [0.25, 0.3) is 5.91 Å². The van der Waals surface area contributed by atoms with Crippen molar-refractivity contribution in [1.29, 1.82) is 0 Å². The van der Waals surface area contributed by atoms with Gasteiger partial charge in [-0.3, -0.25) is 33.9 Å². The molecule has 0 atom stereocenters. The molecular weight excluding hydrogens is 368 g/mol. The Morgan fingerprint density at radius 2 is 1.11 bits per heavy atom. The lowest BCUT2D eigenvalue weighted by molar-refractivity contribution is -0.140. The van der Waals surface area contributed by atoms with E-state index >= 15 is 0 Å². The van der Waals surface area contributed by atoms with E-state index in [0.717, 1.165) is 4.90 Å². The molecule has 0 spiro atoms. The molecule has 0 fully saturated rings. The number of nitrogens with zero attached hydrogens (tertiary/aromatic N) is 4. The quantitative estimate of drug-likeness (QED) is 0.188. The summed E-state index contributed by atoms with van der Waals surface area (Å²) in [5, 5.41) is 28.8. The summed E-state index contributed by atoms with van der Waals surface area (Å²) in [5.41, 5.74) is 0. The van der Waals surface area contributed by atoms with Crippen LogP contribution < -0.4 is 0 Å². The summed E-state index contributed by atoms with van der Waals surface area (Å²) in [6, 6.07) is 0. The summed E-state index contributed by atoms with van der Waals surface area (Å²) in [7, 11) is 0. The summed E-state index contributed by atoms with van der Waals surface area (Å²) >= 11 is 0. The fourth-order valence-electron chi connectivity index (χ4n) is 2.18. The molecule has 13 heteroatoms. The average Bonchev–Trinajstić information content (AvgIpc) is 2.55. The zero-order chi connectivity index (χ0) is 20.8. The summed E-state index contributed by atoms with van der Waals surface area (Å²) in [6.45, 7) is -1.84. The Morgan fingerprint density at radius 1 is 0.704 bits per heavy atom. The molecule has 0 rings (SSSR count). The standard InChI is InChI=1S/C14H22N4O9/c19-6-5-17(9-13(23)24)2-1-16(8-12(21)22)3-4-18(10-14(25)26)7-11(20)15-27/h6H,1-5,7-10H2,(H,21,22)(H,23,24)(H,25,26). The van der Waals surface area contributed by atoms with Gasteiger partial charge in [0.05, 0.1) is 32.7 Å². The summed E-state index contributed by atoms with van der Waals surface area (Å²) in [5.74, 6) is -4.60. The minimum Gasteiger partial charge on any atom is -0.480 e. The van der Waals surface area contributed by atoms with Crippen LogP contribution in [0.2, 0.25) is 0 Å². The molecule has 0 saturated carbocycles. The Kier molecular flexibility index (Phi) is 12.1. The highest BCUT2D eigenvalue weighted by Gasteiger charge is 2.18. The van der Waals surface area contributed by atoms with Gasteiger partial charge in [0.15, 0.2) is 0 Å². The van der Waals surface area contributed by atoms with E-state index in [0.29, 0.717) is 6.29 Å². The lowest BCUT2D eigenvalue weighted by Crippen LogP contribution is -2.44. The fourth-order valence-corrected chi connectivity index (χ4v) is 2.18. The maximum atomic E-state index is 11.1. The predicted octanol–water partition coefficient (Wildman–Crippen LogP) is -2.36. The molecule has 1 amide bonds. The normalized spacial score (nSPS) is 10.9. The van der Waals surface area contributed by atoms with Gasteiger partial charge in [-0.05, 0) is 0 Å². The number of carbonyl (C=O) groups is 5. The van der Waals surface area contributed by atoms with Gasteiger partial charge >= 0.3 is 17.9 Å². The van der Waals surface area contributed by atoms with Crippen molar-refractivity contribution >= 4 is 30.1 Å². The van der Waals surface area contributed by atoms with Gasteiger partial charge in [-0.1, -0.05) is 0 Å². The van der Waals surface area contributed by atoms with E-state index in [1.165, 1.54) is 9.80 Å². The van der Waals surface area contributed by atoms with Gasteiger partial charge in [-0.15, -0.1) is 4.91 Å². The van der Waals surface area contributed by atoms with E-state index in [9.17, 15) is 28.9 Å². The molecule has 0 aromatic rings. The predicted molar refractivity (Wildman–Crippen MR) is 89.1 cm³/mol. The van der Waals surface area contributed by atoms with Crippen molar-refractivity contribution in [3.05, 3.63) is 4.91 Å². The van der Waals surface area contributed by atoms with E-state index in [4.69, 9.17) is 15.3 Å². The monoisotopic (exact) mass is 390 g/mol. The van der Waals surface area contributed by atoms with Crippen LogP contribution in [0.1, 0.15) is 0 Å². The maximum Gasteiger partial charge on any atom is 0.317 e. The number of carbonyl (C=O) groups excluding carboxylic acids is 2. The fraction of sp³-hybridized carbons (Fsp3) is 0.643. The molecule has 0 bridgehead atoms. The van der Waals surface area contributed by atoms with Crippen molar-refractivity contribution in [3.63, 3.8) is 0 Å².